The van der Waals surface area contributed by atoms with Gasteiger partial charge < -0.3 is 10.1 Å². The van der Waals surface area contributed by atoms with Gasteiger partial charge in [0.05, 0.1) is 17.7 Å². The van der Waals surface area contributed by atoms with Crippen LogP contribution >= 0.6 is 0 Å². The van der Waals surface area contributed by atoms with Crippen LogP contribution in [-0.2, 0) is 11.3 Å². The maximum Gasteiger partial charge on any atom is 0.0991 e. The van der Waals surface area contributed by atoms with E-state index in [9.17, 15) is 0 Å². The van der Waals surface area contributed by atoms with Crippen molar-refractivity contribution in [1.29, 1.82) is 5.26 Å². The summed E-state index contributed by atoms with van der Waals surface area (Å²) in [6, 6.07) is 10.4. The Kier molecular flexibility index (Phi) is 4.13. The van der Waals surface area contributed by atoms with Gasteiger partial charge in [0.2, 0.25) is 0 Å². The zero-order valence-corrected chi connectivity index (χ0v) is 10.1. The van der Waals surface area contributed by atoms with Gasteiger partial charge in [0.1, 0.15) is 0 Å². The molecule has 0 spiro atoms. The standard InChI is InChI=1S/C14H18N2O/c1-11-8-14(6-7-17-11)16-10-13-4-2-12(9-15)3-5-13/h2-5,11,14,16H,6-8,10H2,1H3. The second-order valence-corrected chi connectivity index (χ2v) is 4.59. The summed E-state index contributed by atoms with van der Waals surface area (Å²) in [5, 5.41) is 12.3. The summed E-state index contributed by atoms with van der Waals surface area (Å²) in [5.74, 6) is 0. The van der Waals surface area contributed by atoms with Crippen LogP contribution in [0.1, 0.15) is 30.9 Å². The van der Waals surface area contributed by atoms with Crippen molar-refractivity contribution in [3.05, 3.63) is 35.4 Å². The van der Waals surface area contributed by atoms with Gasteiger partial charge in [-0.05, 0) is 37.5 Å². The predicted molar refractivity (Wildman–Crippen MR) is 66.4 cm³/mol. The van der Waals surface area contributed by atoms with Crippen molar-refractivity contribution in [2.24, 2.45) is 0 Å². The summed E-state index contributed by atoms with van der Waals surface area (Å²) in [4.78, 5) is 0. The van der Waals surface area contributed by atoms with Gasteiger partial charge in [-0.2, -0.15) is 5.26 Å². The first-order valence-corrected chi connectivity index (χ1v) is 6.12. The number of nitriles is 1. The molecule has 0 amide bonds. The molecule has 1 saturated heterocycles. The third-order valence-electron chi connectivity index (χ3n) is 3.16. The quantitative estimate of drug-likeness (QED) is 0.866. The van der Waals surface area contributed by atoms with Crippen LogP contribution in [0.3, 0.4) is 0 Å². The molecule has 0 saturated carbocycles. The van der Waals surface area contributed by atoms with Crippen molar-refractivity contribution in [3.63, 3.8) is 0 Å². The Balaban J connectivity index is 1.83. The monoisotopic (exact) mass is 230 g/mol. The minimum absolute atomic E-state index is 0.363. The molecule has 1 aliphatic rings. The summed E-state index contributed by atoms with van der Waals surface area (Å²) < 4.78 is 5.51. The average molecular weight is 230 g/mol. The normalized spacial score (nSPS) is 24.2. The van der Waals surface area contributed by atoms with Gasteiger partial charge in [0, 0.05) is 19.2 Å². The fraction of sp³-hybridized carbons (Fsp3) is 0.500. The molecular formula is C14H18N2O. The lowest BCUT2D eigenvalue weighted by molar-refractivity contribution is 0.0130. The molecule has 1 N–H and O–H groups in total. The van der Waals surface area contributed by atoms with Crippen molar-refractivity contribution >= 4 is 0 Å². The van der Waals surface area contributed by atoms with Gasteiger partial charge in [-0.25, -0.2) is 0 Å². The average Bonchev–Trinajstić information content (AvgIpc) is 2.37. The van der Waals surface area contributed by atoms with Gasteiger partial charge >= 0.3 is 0 Å². The molecule has 1 fully saturated rings. The van der Waals surface area contributed by atoms with E-state index in [1.165, 1.54) is 5.56 Å². The lowest BCUT2D eigenvalue weighted by Gasteiger charge is -2.28. The molecule has 2 unspecified atom stereocenters. The van der Waals surface area contributed by atoms with Crippen LogP contribution in [0.25, 0.3) is 0 Å². The topological polar surface area (TPSA) is 45.0 Å². The third kappa shape index (κ3) is 3.55. The molecule has 1 aromatic carbocycles. The minimum Gasteiger partial charge on any atom is -0.378 e. The molecule has 1 aromatic rings. The van der Waals surface area contributed by atoms with Gasteiger partial charge in [-0.15, -0.1) is 0 Å². The van der Waals surface area contributed by atoms with Crippen molar-refractivity contribution in [2.75, 3.05) is 6.61 Å². The van der Waals surface area contributed by atoms with Gasteiger partial charge in [-0.1, -0.05) is 12.1 Å². The van der Waals surface area contributed by atoms with E-state index in [1.807, 2.05) is 24.3 Å². The van der Waals surface area contributed by atoms with Gasteiger partial charge in [0.25, 0.3) is 0 Å². The molecule has 1 heterocycles. The van der Waals surface area contributed by atoms with E-state index in [-0.39, 0.29) is 0 Å². The maximum absolute atomic E-state index is 8.71. The highest BCUT2D eigenvalue weighted by Gasteiger charge is 2.18. The molecule has 17 heavy (non-hydrogen) atoms. The second kappa shape index (κ2) is 5.81. The molecule has 3 nitrogen and oxygen atoms in total. The van der Waals surface area contributed by atoms with E-state index in [1.54, 1.807) is 0 Å². The highest BCUT2D eigenvalue weighted by molar-refractivity contribution is 5.31. The Bertz CT molecular complexity index is 394. The highest BCUT2D eigenvalue weighted by atomic mass is 16.5. The lowest BCUT2D eigenvalue weighted by atomic mass is 10.0. The molecule has 0 radical (unpaired) electrons. The highest BCUT2D eigenvalue weighted by Crippen LogP contribution is 2.14. The zero-order valence-electron chi connectivity index (χ0n) is 10.1. The van der Waals surface area contributed by atoms with Crippen LogP contribution in [0.2, 0.25) is 0 Å². The van der Waals surface area contributed by atoms with Gasteiger partial charge in [0.15, 0.2) is 0 Å². The van der Waals surface area contributed by atoms with Crippen molar-refractivity contribution < 1.29 is 4.74 Å². The van der Waals surface area contributed by atoms with Gasteiger partial charge in [-0.3, -0.25) is 0 Å². The lowest BCUT2D eigenvalue weighted by Crippen LogP contribution is -2.37. The summed E-state index contributed by atoms with van der Waals surface area (Å²) >= 11 is 0. The summed E-state index contributed by atoms with van der Waals surface area (Å²) in [6.45, 7) is 3.84. The summed E-state index contributed by atoms with van der Waals surface area (Å²) in [7, 11) is 0. The van der Waals surface area contributed by atoms with E-state index in [4.69, 9.17) is 10.00 Å². The Morgan fingerprint density at radius 3 is 2.82 bits per heavy atom. The van der Waals surface area contributed by atoms with Crippen LogP contribution in [0.4, 0.5) is 0 Å². The first-order valence-electron chi connectivity index (χ1n) is 6.12. The van der Waals surface area contributed by atoms with Crippen LogP contribution in [0, 0.1) is 11.3 Å². The molecular weight excluding hydrogens is 212 g/mol. The predicted octanol–water partition coefficient (Wildman–Crippen LogP) is 2.22. The van der Waals surface area contributed by atoms with Crippen molar-refractivity contribution in [1.82, 2.24) is 5.32 Å². The number of hydrogen-bond acceptors (Lipinski definition) is 3. The van der Waals surface area contributed by atoms with E-state index < -0.39 is 0 Å². The van der Waals surface area contributed by atoms with Crippen LogP contribution in [0.15, 0.2) is 24.3 Å². The second-order valence-electron chi connectivity index (χ2n) is 4.59. The smallest absolute Gasteiger partial charge is 0.0991 e. The molecule has 3 heteroatoms. The van der Waals surface area contributed by atoms with E-state index >= 15 is 0 Å². The van der Waals surface area contributed by atoms with E-state index in [0.29, 0.717) is 17.7 Å². The van der Waals surface area contributed by atoms with Crippen LogP contribution < -0.4 is 5.32 Å². The van der Waals surface area contributed by atoms with E-state index in [2.05, 4.69) is 18.3 Å². The number of hydrogen-bond donors (Lipinski definition) is 1. The van der Waals surface area contributed by atoms with Crippen molar-refractivity contribution in [3.8, 4) is 6.07 Å². The number of rotatable bonds is 3. The third-order valence-corrected chi connectivity index (χ3v) is 3.16. The number of ether oxygens (including phenoxy) is 1. The maximum atomic E-state index is 8.71. The molecule has 2 atom stereocenters. The SMILES string of the molecule is CC1CC(NCc2ccc(C#N)cc2)CCO1. The molecule has 0 aliphatic carbocycles. The number of nitrogens with zero attached hydrogens (tertiary/aromatic N) is 1. The van der Waals surface area contributed by atoms with Crippen molar-refractivity contribution in [2.45, 2.75) is 38.5 Å². The minimum atomic E-state index is 0.363. The molecule has 1 aliphatic heterocycles. The molecule has 0 bridgehead atoms. The fourth-order valence-corrected chi connectivity index (χ4v) is 2.14. The Labute approximate surface area is 102 Å². The first kappa shape index (κ1) is 12.1. The number of nitrogens with one attached hydrogen (secondary N) is 1. The van der Waals surface area contributed by atoms with E-state index in [0.717, 1.165) is 26.0 Å². The molecule has 90 valence electrons. The Hall–Kier alpha value is -1.37. The summed E-state index contributed by atoms with van der Waals surface area (Å²) in [5.41, 5.74) is 1.94. The summed E-state index contributed by atoms with van der Waals surface area (Å²) in [6.07, 6.45) is 2.53. The molecule has 0 aromatic heterocycles. The number of benzene rings is 1. The zero-order chi connectivity index (χ0) is 12.1. The largest absolute Gasteiger partial charge is 0.378 e. The fourth-order valence-electron chi connectivity index (χ4n) is 2.14. The Morgan fingerprint density at radius 1 is 1.41 bits per heavy atom. The first-order chi connectivity index (χ1) is 8.28. The van der Waals surface area contributed by atoms with Crippen LogP contribution in [0.5, 0.6) is 0 Å². The Morgan fingerprint density at radius 2 is 2.18 bits per heavy atom. The molecule has 2 rings (SSSR count). The van der Waals surface area contributed by atoms with Crippen LogP contribution in [-0.4, -0.2) is 18.8 Å².